The van der Waals surface area contributed by atoms with Crippen LogP contribution in [0.3, 0.4) is 0 Å². The molecule has 1 aromatic carbocycles. The van der Waals surface area contributed by atoms with Crippen LogP contribution in [0.25, 0.3) is 0 Å². The Hall–Kier alpha value is -1.84. The summed E-state index contributed by atoms with van der Waals surface area (Å²) in [5.41, 5.74) is 1.13. The van der Waals surface area contributed by atoms with Gasteiger partial charge in [0.2, 0.25) is 0 Å². The largest absolute Gasteiger partial charge is 0.481 e. The van der Waals surface area contributed by atoms with E-state index in [2.05, 4.69) is 6.92 Å². The molecular formula is C21H32O4. The minimum Gasteiger partial charge on any atom is -0.481 e. The molecule has 140 valence electrons. The number of carboxylic acids is 2. The summed E-state index contributed by atoms with van der Waals surface area (Å²) in [6.07, 6.45) is 8.39. The maximum Gasteiger partial charge on any atom is 0.307 e. The zero-order valence-electron chi connectivity index (χ0n) is 15.3. The first-order valence-corrected chi connectivity index (χ1v) is 9.55. The second-order valence-electron chi connectivity index (χ2n) is 6.80. The van der Waals surface area contributed by atoms with Gasteiger partial charge in [-0.3, -0.25) is 9.59 Å². The lowest BCUT2D eigenvalue weighted by Gasteiger charge is -2.24. The number of unbranched alkanes of at least 4 members (excludes halogenated alkanes) is 5. The summed E-state index contributed by atoms with van der Waals surface area (Å²) in [6, 6.07) is 10.0. The third-order valence-electron chi connectivity index (χ3n) is 4.81. The summed E-state index contributed by atoms with van der Waals surface area (Å²) in [4.78, 5) is 22.3. The lowest BCUT2D eigenvalue weighted by molar-refractivity contribution is -0.143. The molecule has 4 nitrogen and oxygen atoms in total. The van der Waals surface area contributed by atoms with Gasteiger partial charge < -0.3 is 10.2 Å². The van der Waals surface area contributed by atoms with Gasteiger partial charge in [-0.05, 0) is 30.7 Å². The monoisotopic (exact) mass is 348 g/mol. The molecule has 2 unspecified atom stereocenters. The van der Waals surface area contributed by atoms with Gasteiger partial charge in [0.15, 0.2) is 0 Å². The van der Waals surface area contributed by atoms with Crippen LogP contribution in [0.2, 0.25) is 0 Å². The zero-order valence-corrected chi connectivity index (χ0v) is 15.3. The lowest BCUT2D eigenvalue weighted by Crippen LogP contribution is -2.22. The van der Waals surface area contributed by atoms with Crippen molar-refractivity contribution in [1.29, 1.82) is 0 Å². The van der Waals surface area contributed by atoms with Gasteiger partial charge in [0.05, 0.1) is 5.92 Å². The first-order valence-electron chi connectivity index (χ1n) is 9.55. The van der Waals surface area contributed by atoms with Crippen LogP contribution in [-0.4, -0.2) is 22.2 Å². The van der Waals surface area contributed by atoms with E-state index in [1.165, 1.54) is 0 Å². The summed E-state index contributed by atoms with van der Waals surface area (Å²) < 4.78 is 0. The summed E-state index contributed by atoms with van der Waals surface area (Å²) in [5.74, 6) is -1.71. The molecule has 1 rings (SSSR count). The molecule has 0 amide bonds. The highest BCUT2D eigenvalue weighted by Gasteiger charge is 2.28. The van der Waals surface area contributed by atoms with E-state index in [0.717, 1.165) is 50.5 Å². The molecule has 0 aromatic heterocycles. The highest BCUT2D eigenvalue weighted by atomic mass is 16.4. The average Bonchev–Trinajstić information content (AvgIpc) is 2.59. The van der Waals surface area contributed by atoms with Crippen LogP contribution in [0.1, 0.15) is 82.6 Å². The van der Waals surface area contributed by atoms with Crippen LogP contribution in [0.5, 0.6) is 0 Å². The fraction of sp³-hybridized carbons (Fsp3) is 0.619. The van der Waals surface area contributed by atoms with Crippen molar-refractivity contribution in [1.82, 2.24) is 0 Å². The Balaban J connectivity index is 2.53. The van der Waals surface area contributed by atoms with E-state index in [1.807, 2.05) is 30.3 Å². The molecule has 0 fully saturated rings. The Labute approximate surface area is 151 Å². The van der Waals surface area contributed by atoms with Gasteiger partial charge >= 0.3 is 11.9 Å². The Morgan fingerprint density at radius 1 is 0.880 bits per heavy atom. The molecule has 0 spiro atoms. The summed E-state index contributed by atoms with van der Waals surface area (Å²) in [5, 5.41) is 18.4. The highest BCUT2D eigenvalue weighted by Crippen LogP contribution is 2.33. The Morgan fingerprint density at radius 3 is 2.12 bits per heavy atom. The molecule has 2 N–H and O–H groups in total. The molecule has 0 aliphatic heterocycles. The SMILES string of the molecule is CCCCC(c1ccccc1)C(CCCCCCCC(=O)O)C(=O)O. The van der Waals surface area contributed by atoms with Crippen molar-refractivity contribution in [3.63, 3.8) is 0 Å². The minimum absolute atomic E-state index is 0.0747. The number of rotatable bonds is 14. The first-order chi connectivity index (χ1) is 12.1. The number of hydrogen-bond acceptors (Lipinski definition) is 2. The average molecular weight is 348 g/mol. The Bertz CT molecular complexity index is 498. The van der Waals surface area contributed by atoms with Gasteiger partial charge in [-0.1, -0.05) is 75.8 Å². The number of carboxylic acid groups (broad SMARTS) is 2. The number of carbonyl (C=O) groups is 2. The standard InChI is InChI=1S/C21H32O4/c1-2-3-14-18(17-12-8-7-9-13-17)19(21(24)25)15-10-5-4-6-11-16-20(22)23/h7-9,12-13,18-19H,2-6,10-11,14-16H2,1H3,(H,22,23)(H,24,25). The second kappa shape index (κ2) is 12.5. The summed E-state index contributed by atoms with van der Waals surface area (Å²) in [6.45, 7) is 2.13. The summed E-state index contributed by atoms with van der Waals surface area (Å²) in [7, 11) is 0. The van der Waals surface area contributed by atoms with Crippen molar-refractivity contribution in [2.45, 2.75) is 77.0 Å². The Morgan fingerprint density at radius 2 is 1.52 bits per heavy atom. The van der Waals surface area contributed by atoms with E-state index in [9.17, 15) is 14.7 Å². The zero-order chi connectivity index (χ0) is 18.5. The first kappa shape index (κ1) is 21.2. The van der Waals surface area contributed by atoms with Crippen LogP contribution in [-0.2, 0) is 9.59 Å². The van der Waals surface area contributed by atoms with Gasteiger partial charge in [-0.2, -0.15) is 0 Å². The fourth-order valence-electron chi connectivity index (χ4n) is 3.39. The van der Waals surface area contributed by atoms with Crippen molar-refractivity contribution in [3.05, 3.63) is 35.9 Å². The van der Waals surface area contributed by atoms with Gasteiger partial charge in [0, 0.05) is 6.42 Å². The molecular weight excluding hydrogens is 316 g/mol. The minimum atomic E-state index is -0.743. The normalized spacial score (nSPS) is 13.3. The van der Waals surface area contributed by atoms with Crippen molar-refractivity contribution in [3.8, 4) is 0 Å². The molecule has 0 aliphatic carbocycles. The molecule has 0 saturated heterocycles. The van der Waals surface area contributed by atoms with E-state index < -0.39 is 11.9 Å². The maximum atomic E-state index is 11.9. The van der Waals surface area contributed by atoms with E-state index in [4.69, 9.17) is 5.11 Å². The van der Waals surface area contributed by atoms with Crippen molar-refractivity contribution in [2.75, 3.05) is 0 Å². The van der Waals surface area contributed by atoms with Crippen molar-refractivity contribution >= 4 is 11.9 Å². The summed E-state index contributed by atoms with van der Waals surface area (Å²) >= 11 is 0. The molecule has 1 aromatic rings. The van der Waals surface area contributed by atoms with Crippen molar-refractivity contribution < 1.29 is 19.8 Å². The maximum absolute atomic E-state index is 11.9. The van der Waals surface area contributed by atoms with Crippen LogP contribution in [0.4, 0.5) is 0 Å². The van der Waals surface area contributed by atoms with E-state index in [1.54, 1.807) is 0 Å². The predicted molar refractivity (Wildman–Crippen MR) is 99.8 cm³/mol. The number of benzene rings is 1. The van der Waals surface area contributed by atoms with Gasteiger partial charge in [-0.25, -0.2) is 0 Å². The second-order valence-corrected chi connectivity index (χ2v) is 6.80. The quantitative estimate of drug-likeness (QED) is 0.437. The van der Waals surface area contributed by atoms with Gasteiger partial charge in [-0.15, -0.1) is 0 Å². The molecule has 4 heteroatoms. The smallest absolute Gasteiger partial charge is 0.307 e. The van der Waals surface area contributed by atoms with Crippen LogP contribution in [0.15, 0.2) is 30.3 Å². The van der Waals surface area contributed by atoms with Gasteiger partial charge in [0.1, 0.15) is 0 Å². The van der Waals surface area contributed by atoms with E-state index >= 15 is 0 Å². The molecule has 0 bridgehead atoms. The molecule has 25 heavy (non-hydrogen) atoms. The third-order valence-corrected chi connectivity index (χ3v) is 4.81. The molecule has 0 saturated carbocycles. The van der Waals surface area contributed by atoms with E-state index in [0.29, 0.717) is 12.8 Å². The predicted octanol–water partition coefficient (Wildman–Crippen LogP) is 5.48. The van der Waals surface area contributed by atoms with Crippen LogP contribution >= 0.6 is 0 Å². The third kappa shape index (κ3) is 8.71. The lowest BCUT2D eigenvalue weighted by atomic mass is 9.79. The molecule has 0 radical (unpaired) electrons. The van der Waals surface area contributed by atoms with E-state index in [-0.39, 0.29) is 18.3 Å². The van der Waals surface area contributed by atoms with Crippen LogP contribution in [0, 0.1) is 5.92 Å². The van der Waals surface area contributed by atoms with Crippen molar-refractivity contribution in [2.24, 2.45) is 5.92 Å². The topological polar surface area (TPSA) is 74.6 Å². The molecule has 0 aliphatic rings. The molecule has 2 atom stereocenters. The van der Waals surface area contributed by atoms with Gasteiger partial charge in [0.25, 0.3) is 0 Å². The fourth-order valence-corrected chi connectivity index (χ4v) is 3.39. The number of hydrogen-bond donors (Lipinski definition) is 2. The molecule has 0 heterocycles. The van der Waals surface area contributed by atoms with Crippen LogP contribution < -0.4 is 0 Å². The Kier molecular flexibility index (Phi) is 10.6. The highest BCUT2D eigenvalue weighted by molar-refractivity contribution is 5.71. The number of aliphatic carboxylic acids is 2.